The third-order valence-corrected chi connectivity index (χ3v) is 1.45. The minimum absolute atomic E-state index is 0.214. The molecule has 0 aliphatic rings. The second kappa shape index (κ2) is 3.34. The number of rotatable bonds is 3. The molecule has 0 unspecified atom stereocenters. The number of hydrogen-bond acceptors (Lipinski definition) is 1. The first-order chi connectivity index (χ1) is 4.84. The number of halogens is 1. The standard InChI is InChI=1S/C7H11FN2/c1-2-3-4-7-6(8)5-9-10-7/h5H,2-4H2,1H3,(H,9,10). The molecule has 0 spiro atoms. The first kappa shape index (κ1) is 7.25. The quantitative estimate of drug-likeness (QED) is 0.686. The Labute approximate surface area is 59.5 Å². The molecule has 1 heterocycles. The molecule has 10 heavy (non-hydrogen) atoms. The first-order valence-corrected chi connectivity index (χ1v) is 3.52. The molecule has 1 N–H and O–H groups in total. The van der Waals surface area contributed by atoms with Gasteiger partial charge in [-0.3, -0.25) is 5.10 Å². The lowest BCUT2D eigenvalue weighted by atomic mass is 10.2. The average molecular weight is 142 g/mol. The molecule has 0 aliphatic carbocycles. The van der Waals surface area contributed by atoms with E-state index in [1.165, 1.54) is 6.20 Å². The fraction of sp³-hybridized carbons (Fsp3) is 0.571. The lowest BCUT2D eigenvalue weighted by Gasteiger charge is -1.92. The number of nitrogens with one attached hydrogen (secondary N) is 1. The summed E-state index contributed by atoms with van der Waals surface area (Å²) in [7, 11) is 0. The lowest BCUT2D eigenvalue weighted by Crippen LogP contribution is -1.87. The predicted molar refractivity (Wildman–Crippen MR) is 37.2 cm³/mol. The summed E-state index contributed by atoms with van der Waals surface area (Å²) >= 11 is 0. The van der Waals surface area contributed by atoms with E-state index in [0.717, 1.165) is 19.3 Å². The van der Waals surface area contributed by atoms with Crippen molar-refractivity contribution < 1.29 is 4.39 Å². The highest BCUT2D eigenvalue weighted by Crippen LogP contribution is 2.05. The van der Waals surface area contributed by atoms with Gasteiger partial charge in [-0.2, -0.15) is 5.10 Å². The van der Waals surface area contributed by atoms with Gasteiger partial charge in [-0.25, -0.2) is 4.39 Å². The second-order valence-electron chi connectivity index (χ2n) is 2.30. The van der Waals surface area contributed by atoms with Gasteiger partial charge in [0.1, 0.15) is 0 Å². The Hall–Kier alpha value is -0.860. The van der Waals surface area contributed by atoms with E-state index in [0.29, 0.717) is 5.69 Å². The number of unbranched alkanes of at least 4 members (excludes halogenated alkanes) is 1. The Balaban J connectivity index is 2.49. The van der Waals surface area contributed by atoms with Gasteiger partial charge in [-0.1, -0.05) is 13.3 Å². The topological polar surface area (TPSA) is 28.7 Å². The monoisotopic (exact) mass is 142 g/mol. The van der Waals surface area contributed by atoms with Crippen LogP contribution in [0.1, 0.15) is 25.5 Å². The van der Waals surface area contributed by atoms with E-state index in [2.05, 4.69) is 17.1 Å². The molecule has 2 nitrogen and oxygen atoms in total. The Bertz CT molecular complexity index is 195. The van der Waals surface area contributed by atoms with E-state index in [-0.39, 0.29) is 5.82 Å². The minimum atomic E-state index is -0.214. The number of nitrogens with zero attached hydrogens (tertiary/aromatic N) is 1. The third-order valence-electron chi connectivity index (χ3n) is 1.45. The van der Waals surface area contributed by atoms with Crippen LogP contribution in [-0.2, 0) is 6.42 Å². The van der Waals surface area contributed by atoms with Crippen molar-refractivity contribution in [2.75, 3.05) is 0 Å². The summed E-state index contributed by atoms with van der Waals surface area (Å²) in [6.07, 6.45) is 4.07. The van der Waals surface area contributed by atoms with Crippen LogP contribution in [0.25, 0.3) is 0 Å². The molecule has 1 aromatic rings. The summed E-state index contributed by atoms with van der Waals surface area (Å²) in [5, 5.41) is 6.19. The lowest BCUT2D eigenvalue weighted by molar-refractivity contribution is 0.602. The van der Waals surface area contributed by atoms with Crippen LogP contribution < -0.4 is 0 Å². The van der Waals surface area contributed by atoms with E-state index in [1.807, 2.05) is 0 Å². The molecule has 1 aromatic heterocycles. The Morgan fingerprint density at radius 3 is 3.00 bits per heavy atom. The van der Waals surface area contributed by atoms with Crippen molar-refractivity contribution in [3.63, 3.8) is 0 Å². The van der Waals surface area contributed by atoms with E-state index in [9.17, 15) is 4.39 Å². The van der Waals surface area contributed by atoms with Crippen LogP contribution >= 0.6 is 0 Å². The highest BCUT2D eigenvalue weighted by atomic mass is 19.1. The van der Waals surface area contributed by atoms with Gasteiger partial charge in [-0.15, -0.1) is 0 Å². The fourth-order valence-corrected chi connectivity index (χ4v) is 0.827. The number of aryl methyl sites for hydroxylation is 1. The van der Waals surface area contributed by atoms with Gasteiger partial charge in [0, 0.05) is 0 Å². The van der Waals surface area contributed by atoms with Crippen LogP contribution in [-0.4, -0.2) is 10.2 Å². The SMILES string of the molecule is CCCCc1[nH]ncc1F. The predicted octanol–water partition coefficient (Wildman–Crippen LogP) is 1.89. The normalized spacial score (nSPS) is 10.2. The van der Waals surface area contributed by atoms with E-state index in [1.54, 1.807) is 0 Å². The maximum atomic E-state index is 12.6. The summed E-state index contributed by atoms with van der Waals surface area (Å²) in [6, 6.07) is 0. The Morgan fingerprint density at radius 1 is 1.70 bits per heavy atom. The van der Waals surface area contributed by atoms with E-state index >= 15 is 0 Å². The summed E-state index contributed by atoms with van der Waals surface area (Å²) < 4.78 is 12.6. The van der Waals surface area contributed by atoms with Crippen LogP contribution in [0, 0.1) is 5.82 Å². The zero-order chi connectivity index (χ0) is 7.40. The summed E-state index contributed by atoms with van der Waals surface area (Å²) in [4.78, 5) is 0. The molecule has 0 aliphatic heterocycles. The van der Waals surface area contributed by atoms with Crippen molar-refractivity contribution in [3.8, 4) is 0 Å². The highest BCUT2D eigenvalue weighted by molar-refractivity contribution is 5.01. The van der Waals surface area contributed by atoms with Crippen molar-refractivity contribution in [3.05, 3.63) is 17.7 Å². The molecule has 3 heteroatoms. The largest absolute Gasteiger partial charge is 0.280 e. The molecule has 56 valence electrons. The summed E-state index contributed by atoms with van der Waals surface area (Å²) in [5.74, 6) is -0.214. The molecule has 0 amide bonds. The molecular weight excluding hydrogens is 131 g/mol. The molecule has 0 radical (unpaired) electrons. The molecule has 1 rings (SSSR count). The molecule has 0 bridgehead atoms. The average Bonchev–Trinajstić information content (AvgIpc) is 2.31. The van der Waals surface area contributed by atoms with Gasteiger partial charge >= 0.3 is 0 Å². The van der Waals surface area contributed by atoms with Crippen molar-refractivity contribution in [1.29, 1.82) is 0 Å². The smallest absolute Gasteiger partial charge is 0.163 e. The fourth-order valence-electron chi connectivity index (χ4n) is 0.827. The van der Waals surface area contributed by atoms with Crippen molar-refractivity contribution in [2.45, 2.75) is 26.2 Å². The third kappa shape index (κ3) is 1.56. The number of aromatic nitrogens is 2. The van der Waals surface area contributed by atoms with Gasteiger partial charge in [0.05, 0.1) is 11.9 Å². The maximum absolute atomic E-state index is 12.6. The molecule has 0 atom stereocenters. The molecule has 0 saturated carbocycles. The number of H-pyrrole nitrogens is 1. The van der Waals surface area contributed by atoms with Gasteiger partial charge < -0.3 is 0 Å². The maximum Gasteiger partial charge on any atom is 0.163 e. The second-order valence-corrected chi connectivity index (χ2v) is 2.30. The number of aromatic amines is 1. The summed E-state index contributed by atoms with van der Waals surface area (Å²) in [6.45, 7) is 2.08. The van der Waals surface area contributed by atoms with E-state index in [4.69, 9.17) is 0 Å². The zero-order valence-electron chi connectivity index (χ0n) is 6.02. The molecule has 0 saturated heterocycles. The van der Waals surface area contributed by atoms with Crippen LogP contribution in [0.5, 0.6) is 0 Å². The Kier molecular flexibility index (Phi) is 2.42. The van der Waals surface area contributed by atoms with Gasteiger partial charge in [0.2, 0.25) is 0 Å². The molecule has 0 fully saturated rings. The zero-order valence-corrected chi connectivity index (χ0v) is 6.02. The Morgan fingerprint density at radius 2 is 2.50 bits per heavy atom. The van der Waals surface area contributed by atoms with Crippen LogP contribution in [0.4, 0.5) is 4.39 Å². The molecular formula is C7H11FN2. The highest BCUT2D eigenvalue weighted by Gasteiger charge is 2.01. The first-order valence-electron chi connectivity index (χ1n) is 3.52. The van der Waals surface area contributed by atoms with Gasteiger partial charge in [-0.05, 0) is 12.8 Å². The van der Waals surface area contributed by atoms with Crippen LogP contribution in [0.2, 0.25) is 0 Å². The van der Waals surface area contributed by atoms with Crippen molar-refractivity contribution >= 4 is 0 Å². The van der Waals surface area contributed by atoms with Crippen LogP contribution in [0.3, 0.4) is 0 Å². The summed E-state index contributed by atoms with van der Waals surface area (Å²) in [5.41, 5.74) is 0.627. The van der Waals surface area contributed by atoms with Crippen molar-refractivity contribution in [1.82, 2.24) is 10.2 Å². The number of hydrogen-bond donors (Lipinski definition) is 1. The minimum Gasteiger partial charge on any atom is -0.280 e. The van der Waals surface area contributed by atoms with Crippen molar-refractivity contribution in [2.24, 2.45) is 0 Å². The van der Waals surface area contributed by atoms with Gasteiger partial charge in [0.15, 0.2) is 5.82 Å². The van der Waals surface area contributed by atoms with Gasteiger partial charge in [0.25, 0.3) is 0 Å². The van der Waals surface area contributed by atoms with E-state index < -0.39 is 0 Å². The molecule has 0 aromatic carbocycles. The van der Waals surface area contributed by atoms with Crippen LogP contribution in [0.15, 0.2) is 6.20 Å².